The van der Waals surface area contributed by atoms with Crippen molar-refractivity contribution in [1.29, 1.82) is 0 Å². The van der Waals surface area contributed by atoms with Crippen LogP contribution in [-0.2, 0) is 0 Å². The van der Waals surface area contributed by atoms with Crippen molar-refractivity contribution in [3.63, 3.8) is 0 Å². The Balaban J connectivity index is 1.96. The molecule has 3 N–H and O–H groups in total. The van der Waals surface area contributed by atoms with Gasteiger partial charge in [-0.25, -0.2) is 20.0 Å². The number of aliphatic imine (C=N–C) groups is 2. The molecule has 0 aromatic carbocycles. The number of nitrogens with zero attached hydrogens (tertiary/aromatic N) is 4. The van der Waals surface area contributed by atoms with E-state index in [1.54, 1.807) is 6.92 Å². The topological polar surface area (TPSA) is 106 Å². The van der Waals surface area contributed by atoms with Crippen LogP contribution in [0.15, 0.2) is 22.4 Å². The normalized spacial score (nSPS) is 15.7. The summed E-state index contributed by atoms with van der Waals surface area (Å²) < 4.78 is 0. The predicted molar refractivity (Wildman–Crippen MR) is 72.5 cm³/mol. The molecule has 0 atom stereocenters. The molecule has 19 heavy (non-hydrogen) atoms. The van der Waals surface area contributed by atoms with Gasteiger partial charge < -0.3 is 11.1 Å². The van der Waals surface area contributed by atoms with Crippen LogP contribution in [0.3, 0.4) is 0 Å². The van der Waals surface area contributed by atoms with E-state index in [2.05, 4.69) is 25.3 Å². The van der Waals surface area contributed by atoms with Gasteiger partial charge in [0.15, 0.2) is 5.82 Å². The van der Waals surface area contributed by atoms with Gasteiger partial charge in [0.1, 0.15) is 11.5 Å². The lowest BCUT2D eigenvalue weighted by atomic mass is 10.3. The number of hydrogen-bond acceptors (Lipinski definition) is 4. The number of aromatic nitrogens is 2. The highest BCUT2D eigenvalue weighted by Gasteiger charge is 2.22. The van der Waals surface area contributed by atoms with Crippen LogP contribution >= 0.6 is 0 Å². The van der Waals surface area contributed by atoms with Crippen LogP contribution in [0.2, 0.25) is 0 Å². The quantitative estimate of drug-likeness (QED) is 0.612. The van der Waals surface area contributed by atoms with Crippen molar-refractivity contribution in [2.24, 2.45) is 21.6 Å². The highest BCUT2D eigenvalue weighted by molar-refractivity contribution is 5.92. The monoisotopic (exact) mass is 260 g/mol. The summed E-state index contributed by atoms with van der Waals surface area (Å²) in [6.45, 7) is 2.41. The molecule has 2 rings (SSSR count). The maximum atomic E-state index is 11.7. The van der Waals surface area contributed by atoms with E-state index in [4.69, 9.17) is 5.73 Å². The molecule has 0 spiro atoms. The molecule has 7 heteroatoms. The molecule has 1 fully saturated rings. The van der Waals surface area contributed by atoms with Crippen LogP contribution in [0, 0.1) is 5.92 Å². The Kier molecular flexibility index (Phi) is 4.17. The first-order valence-corrected chi connectivity index (χ1v) is 6.09. The number of nitrogens with two attached hydrogens (primary N) is 1. The molecule has 0 unspecified atom stereocenters. The van der Waals surface area contributed by atoms with Crippen molar-refractivity contribution >= 4 is 23.9 Å². The number of amides is 1. The van der Waals surface area contributed by atoms with Gasteiger partial charge in [0.05, 0.1) is 18.7 Å². The largest absolute Gasteiger partial charge is 0.390 e. The summed E-state index contributed by atoms with van der Waals surface area (Å²) in [4.78, 5) is 27.6. The van der Waals surface area contributed by atoms with Crippen molar-refractivity contribution in [2.75, 3.05) is 6.54 Å². The lowest BCUT2D eigenvalue weighted by molar-refractivity contribution is 0.0946. The van der Waals surface area contributed by atoms with Crippen LogP contribution in [0.5, 0.6) is 0 Å². The van der Waals surface area contributed by atoms with Crippen LogP contribution in [0.1, 0.15) is 30.3 Å². The van der Waals surface area contributed by atoms with Gasteiger partial charge in [-0.1, -0.05) is 0 Å². The van der Waals surface area contributed by atoms with Crippen molar-refractivity contribution in [3.8, 4) is 0 Å². The smallest absolute Gasteiger partial charge is 0.271 e. The van der Waals surface area contributed by atoms with Gasteiger partial charge in [0.2, 0.25) is 0 Å². The average Bonchev–Trinajstić information content (AvgIpc) is 3.21. The van der Waals surface area contributed by atoms with Gasteiger partial charge in [0.25, 0.3) is 5.91 Å². The highest BCUT2D eigenvalue weighted by atomic mass is 16.1. The number of amidine groups is 1. The molecule has 0 aliphatic heterocycles. The minimum absolute atomic E-state index is 0.202. The van der Waals surface area contributed by atoms with E-state index in [0.717, 1.165) is 6.34 Å². The minimum Gasteiger partial charge on any atom is -0.390 e. The molecule has 1 aliphatic carbocycles. The molecular weight excluding hydrogens is 244 g/mol. The second-order valence-corrected chi connectivity index (χ2v) is 4.35. The van der Waals surface area contributed by atoms with E-state index < -0.39 is 0 Å². The van der Waals surface area contributed by atoms with Gasteiger partial charge in [-0.05, 0) is 25.7 Å². The third kappa shape index (κ3) is 4.13. The lowest BCUT2D eigenvalue weighted by Crippen LogP contribution is -2.26. The van der Waals surface area contributed by atoms with Crippen LogP contribution in [-0.4, -0.2) is 34.6 Å². The fourth-order valence-electron chi connectivity index (χ4n) is 1.45. The lowest BCUT2D eigenvalue weighted by Gasteiger charge is -2.02. The summed E-state index contributed by atoms with van der Waals surface area (Å²) in [7, 11) is 0. The van der Waals surface area contributed by atoms with Gasteiger partial charge in [-0.2, -0.15) is 0 Å². The fourth-order valence-corrected chi connectivity index (χ4v) is 1.45. The van der Waals surface area contributed by atoms with Crippen molar-refractivity contribution < 1.29 is 4.79 Å². The summed E-state index contributed by atoms with van der Waals surface area (Å²) in [5.41, 5.74) is 5.44. The first-order chi connectivity index (χ1) is 9.19. The fraction of sp³-hybridized carbons (Fsp3) is 0.417. The van der Waals surface area contributed by atoms with E-state index in [0.29, 0.717) is 29.8 Å². The summed E-state index contributed by atoms with van der Waals surface area (Å²) in [6.07, 6.45) is 6.38. The molecular formula is C12H16N6O. The Morgan fingerprint density at radius 3 is 2.89 bits per heavy atom. The molecule has 1 aromatic heterocycles. The molecule has 0 radical (unpaired) electrons. The number of carbonyl (C=O) groups is 1. The van der Waals surface area contributed by atoms with Crippen LogP contribution < -0.4 is 11.1 Å². The van der Waals surface area contributed by atoms with Gasteiger partial charge in [0, 0.05) is 6.54 Å². The van der Waals surface area contributed by atoms with E-state index in [9.17, 15) is 4.79 Å². The Bertz CT molecular complexity index is 503. The molecule has 1 amide bonds. The summed E-state index contributed by atoms with van der Waals surface area (Å²) in [5, 5.41) is 2.82. The second kappa shape index (κ2) is 6.03. The minimum atomic E-state index is -0.202. The number of rotatable bonds is 4. The number of nitrogens with one attached hydrogen (secondary N) is 1. The van der Waals surface area contributed by atoms with Gasteiger partial charge in [-0.15, -0.1) is 0 Å². The zero-order chi connectivity index (χ0) is 13.7. The average molecular weight is 260 g/mol. The van der Waals surface area contributed by atoms with Gasteiger partial charge >= 0.3 is 0 Å². The first kappa shape index (κ1) is 13.1. The van der Waals surface area contributed by atoms with Crippen molar-refractivity contribution in [2.45, 2.75) is 19.8 Å². The van der Waals surface area contributed by atoms with Crippen LogP contribution in [0.4, 0.5) is 5.82 Å². The predicted octanol–water partition coefficient (Wildman–Crippen LogP) is 0.653. The standard InChI is InChI=1S/C12H16N6O/c1-8(17-7-13)18-11-6-14-10(5-15-11)12(19)16-4-9-2-3-9/h5-7,9H,2-4H2,1H3,(H,16,19)(H2,13,15,17,18). The van der Waals surface area contributed by atoms with E-state index in [1.165, 1.54) is 25.2 Å². The van der Waals surface area contributed by atoms with Gasteiger partial charge in [-0.3, -0.25) is 4.79 Å². The van der Waals surface area contributed by atoms with Crippen LogP contribution in [0.25, 0.3) is 0 Å². The molecule has 1 heterocycles. The SMILES string of the molecule is CC(N=CN)=Nc1cnc(C(=O)NCC2CC2)cn1. The molecule has 1 saturated carbocycles. The summed E-state index contributed by atoms with van der Waals surface area (Å²) in [5.74, 6) is 1.30. The zero-order valence-corrected chi connectivity index (χ0v) is 10.7. The molecule has 0 bridgehead atoms. The Hall–Kier alpha value is -2.31. The Morgan fingerprint density at radius 2 is 2.32 bits per heavy atom. The summed E-state index contributed by atoms with van der Waals surface area (Å²) >= 11 is 0. The Morgan fingerprint density at radius 1 is 1.53 bits per heavy atom. The molecule has 0 saturated heterocycles. The van der Waals surface area contributed by atoms with E-state index in [1.807, 2.05) is 0 Å². The van der Waals surface area contributed by atoms with Crippen molar-refractivity contribution in [3.05, 3.63) is 18.1 Å². The van der Waals surface area contributed by atoms with E-state index in [-0.39, 0.29) is 5.91 Å². The Labute approximate surface area is 111 Å². The van der Waals surface area contributed by atoms with E-state index >= 15 is 0 Å². The number of hydrogen-bond donors (Lipinski definition) is 2. The van der Waals surface area contributed by atoms with Crippen molar-refractivity contribution in [1.82, 2.24) is 15.3 Å². The molecule has 7 nitrogen and oxygen atoms in total. The molecule has 1 aliphatic rings. The maximum Gasteiger partial charge on any atom is 0.271 e. The highest BCUT2D eigenvalue weighted by Crippen LogP contribution is 2.27. The zero-order valence-electron chi connectivity index (χ0n) is 10.7. The molecule has 1 aromatic rings. The second-order valence-electron chi connectivity index (χ2n) is 4.35. The maximum absolute atomic E-state index is 11.7. The third-order valence-corrected chi connectivity index (χ3v) is 2.66. The summed E-state index contributed by atoms with van der Waals surface area (Å²) in [6, 6.07) is 0. The first-order valence-electron chi connectivity index (χ1n) is 6.09. The molecule has 100 valence electrons. The number of carbonyl (C=O) groups excluding carboxylic acids is 1. The third-order valence-electron chi connectivity index (χ3n) is 2.66.